The summed E-state index contributed by atoms with van der Waals surface area (Å²) in [4.78, 5) is 2.37. The predicted molar refractivity (Wildman–Crippen MR) is 76.9 cm³/mol. The van der Waals surface area contributed by atoms with E-state index in [9.17, 15) is 0 Å². The molecule has 1 aromatic heterocycles. The summed E-state index contributed by atoms with van der Waals surface area (Å²) in [7, 11) is 2.18. The first-order chi connectivity index (χ1) is 8.65. The summed E-state index contributed by atoms with van der Waals surface area (Å²) in [5.74, 6) is 1.13. The molecule has 0 amide bonds. The number of nitrogens with two attached hydrogens (primary N) is 1. The fourth-order valence-electron chi connectivity index (χ4n) is 2.96. The summed E-state index contributed by atoms with van der Waals surface area (Å²) in [5, 5.41) is 4.57. The lowest BCUT2D eigenvalue weighted by Gasteiger charge is -2.33. The lowest BCUT2D eigenvalue weighted by Crippen LogP contribution is -2.35. The summed E-state index contributed by atoms with van der Waals surface area (Å²) in [5.41, 5.74) is 8.03. The zero-order valence-corrected chi connectivity index (χ0v) is 11.9. The molecule has 0 atom stereocenters. The fraction of sp³-hybridized carbons (Fsp3) is 0.786. The number of nitrogen functional groups attached to an aromatic ring is 1. The number of aryl methyl sites for hydroxylation is 2. The first kappa shape index (κ1) is 13.2. The molecule has 0 aliphatic heterocycles. The fourth-order valence-corrected chi connectivity index (χ4v) is 2.96. The van der Waals surface area contributed by atoms with Gasteiger partial charge in [0.25, 0.3) is 0 Å². The van der Waals surface area contributed by atoms with E-state index in [-0.39, 0.29) is 0 Å². The van der Waals surface area contributed by atoms with Crippen molar-refractivity contribution < 1.29 is 0 Å². The molecule has 0 bridgehead atoms. The van der Waals surface area contributed by atoms with Crippen molar-refractivity contribution >= 4 is 11.5 Å². The molecule has 1 heterocycles. The van der Waals surface area contributed by atoms with Gasteiger partial charge in [-0.05, 0) is 26.2 Å². The van der Waals surface area contributed by atoms with Crippen LogP contribution in [0.2, 0.25) is 0 Å². The van der Waals surface area contributed by atoms with Gasteiger partial charge >= 0.3 is 0 Å². The van der Waals surface area contributed by atoms with Gasteiger partial charge in [-0.15, -0.1) is 0 Å². The SMILES string of the molecule is CCCn1nc(C)c(N)c1N(C)C1CCCCC1. The molecule has 0 aromatic carbocycles. The predicted octanol–water partition coefficient (Wildman–Crippen LogP) is 2.95. The van der Waals surface area contributed by atoms with Crippen molar-refractivity contribution in [3.05, 3.63) is 5.69 Å². The van der Waals surface area contributed by atoms with Crippen molar-refractivity contribution in [3.63, 3.8) is 0 Å². The van der Waals surface area contributed by atoms with Crippen LogP contribution in [0.15, 0.2) is 0 Å². The highest BCUT2D eigenvalue weighted by atomic mass is 15.4. The van der Waals surface area contributed by atoms with E-state index in [1.54, 1.807) is 0 Å². The average Bonchev–Trinajstić information content (AvgIpc) is 2.66. The summed E-state index contributed by atoms with van der Waals surface area (Å²) < 4.78 is 2.08. The molecule has 4 heteroatoms. The van der Waals surface area contributed by atoms with E-state index in [1.807, 2.05) is 6.92 Å². The van der Waals surface area contributed by atoms with Gasteiger partial charge in [-0.1, -0.05) is 26.2 Å². The van der Waals surface area contributed by atoms with Crippen molar-refractivity contribution in [2.75, 3.05) is 17.7 Å². The Balaban J connectivity index is 2.24. The Morgan fingerprint density at radius 1 is 1.33 bits per heavy atom. The van der Waals surface area contributed by atoms with Gasteiger partial charge in [-0.2, -0.15) is 5.10 Å². The molecule has 0 unspecified atom stereocenters. The topological polar surface area (TPSA) is 47.1 Å². The molecule has 1 aliphatic rings. The van der Waals surface area contributed by atoms with Gasteiger partial charge in [0.1, 0.15) is 0 Å². The second-order valence-corrected chi connectivity index (χ2v) is 5.45. The smallest absolute Gasteiger partial charge is 0.150 e. The van der Waals surface area contributed by atoms with E-state index in [0.717, 1.165) is 30.2 Å². The molecule has 4 nitrogen and oxygen atoms in total. The molecular formula is C14H26N4. The van der Waals surface area contributed by atoms with Crippen LogP contribution in [0.5, 0.6) is 0 Å². The highest BCUT2D eigenvalue weighted by molar-refractivity contribution is 5.66. The Hall–Kier alpha value is -1.19. The Morgan fingerprint density at radius 3 is 2.61 bits per heavy atom. The molecule has 1 fully saturated rings. The van der Waals surface area contributed by atoms with Gasteiger partial charge in [0.15, 0.2) is 5.82 Å². The quantitative estimate of drug-likeness (QED) is 0.893. The van der Waals surface area contributed by atoms with E-state index in [1.165, 1.54) is 32.1 Å². The van der Waals surface area contributed by atoms with Crippen LogP contribution < -0.4 is 10.6 Å². The van der Waals surface area contributed by atoms with E-state index in [0.29, 0.717) is 6.04 Å². The van der Waals surface area contributed by atoms with Crippen molar-refractivity contribution in [3.8, 4) is 0 Å². The number of anilines is 2. The van der Waals surface area contributed by atoms with Crippen molar-refractivity contribution in [2.24, 2.45) is 0 Å². The van der Waals surface area contributed by atoms with Crippen LogP contribution in [0, 0.1) is 6.92 Å². The highest BCUT2D eigenvalue weighted by Gasteiger charge is 2.23. The molecule has 2 rings (SSSR count). The third kappa shape index (κ3) is 2.47. The van der Waals surface area contributed by atoms with Crippen molar-refractivity contribution in [1.82, 2.24) is 9.78 Å². The van der Waals surface area contributed by atoms with Gasteiger partial charge in [-0.25, -0.2) is 4.68 Å². The second-order valence-electron chi connectivity index (χ2n) is 5.45. The van der Waals surface area contributed by atoms with Crippen LogP contribution in [0.4, 0.5) is 11.5 Å². The van der Waals surface area contributed by atoms with E-state index >= 15 is 0 Å². The number of nitrogens with zero attached hydrogens (tertiary/aromatic N) is 3. The maximum absolute atomic E-state index is 6.22. The minimum absolute atomic E-state index is 0.632. The van der Waals surface area contributed by atoms with Crippen LogP contribution in [0.3, 0.4) is 0 Å². The standard InChI is InChI=1S/C14H26N4/c1-4-10-18-14(13(15)11(2)16-18)17(3)12-8-6-5-7-9-12/h12H,4-10,15H2,1-3H3. The largest absolute Gasteiger partial charge is 0.394 e. The van der Waals surface area contributed by atoms with Crippen LogP contribution >= 0.6 is 0 Å². The zero-order chi connectivity index (χ0) is 13.1. The Morgan fingerprint density at radius 2 is 2.00 bits per heavy atom. The van der Waals surface area contributed by atoms with Gasteiger partial charge < -0.3 is 10.6 Å². The van der Waals surface area contributed by atoms with Gasteiger partial charge in [0.05, 0.1) is 11.4 Å². The molecule has 2 N–H and O–H groups in total. The molecule has 1 aromatic rings. The van der Waals surface area contributed by atoms with Crippen LogP contribution in [0.1, 0.15) is 51.1 Å². The summed E-state index contributed by atoms with van der Waals surface area (Å²) >= 11 is 0. The lowest BCUT2D eigenvalue weighted by atomic mass is 9.94. The van der Waals surface area contributed by atoms with Crippen LogP contribution in [-0.4, -0.2) is 22.9 Å². The Labute approximate surface area is 110 Å². The maximum Gasteiger partial charge on any atom is 0.150 e. The van der Waals surface area contributed by atoms with Gasteiger partial charge in [0, 0.05) is 19.6 Å². The van der Waals surface area contributed by atoms with E-state index < -0.39 is 0 Å². The number of hydrogen-bond acceptors (Lipinski definition) is 3. The van der Waals surface area contributed by atoms with Crippen LogP contribution in [-0.2, 0) is 6.54 Å². The van der Waals surface area contributed by atoms with Crippen LogP contribution in [0.25, 0.3) is 0 Å². The highest BCUT2D eigenvalue weighted by Crippen LogP contribution is 2.31. The minimum atomic E-state index is 0.632. The zero-order valence-electron chi connectivity index (χ0n) is 11.9. The number of aromatic nitrogens is 2. The number of hydrogen-bond donors (Lipinski definition) is 1. The molecule has 0 radical (unpaired) electrons. The van der Waals surface area contributed by atoms with E-state index in [2.05, 4.69) is 28.7 Å². The van der Waals surface area contributed by atoms with E-state index in [4.69, 9.17) is 5.73 Å². The van der Waals surface area contributed by atoms with Gasteiger partial charge in [0.2, 0.25) is 0 Å². The first-order valence-electron chi connectivity index (χ1n) is 7.20. The van der Waals surface area contributed by atoms with Gasteiger partial charge in [-0.3, -0.25) is 0 Å². The second kappa shape index (κ2) is 5.63. The third-order valence-electron chi connectivity index (χ3n) is 4.04. The summed E-state index contributed by atoms with van der Waals surface area (Å²) in [6.45, 7) is 5.13. The van der Waals surface area contributed by atoms with Crippen molar-refractivity contribution in [2.45, 2.75) is 65.0 Å². The summed E-state index contributed by atoms with van der Waals surface area (Å²) in [6, 6.07) is 0.632. The monoisotopic (exact) mass is 250 g/mol. The molecular weight excluding hydrogens is 224 g/mol. The Bertz CT molecular complexity index is 391. The Kier molecular flexibility index (Phi) is 4.15. The first-order valence-corrected chi connectivity index (χ1v) is 7.20. The molecule has 0 saturated heterocycles. The maximum atomic E-state index is 6.22. The average molecular weight is 250 g/mol. The molecule has 1 saturated carbocycles. The molecule has 0 spiro atoms. The molecule has 18 heavy (non-hydrogen) atoms. The minimum Gasteiger partial charge on any atom is -0.394 e. The normalized spacial score (nSPS) is 17.1. The lowest BCUT2D eigenvalue weighted by molar-refractivity contribution is 0.420. The molecule has 1 aliphatic carbocycles. The molecule has 102 valence electrons. The number of rotatable bonds is 4. The van der Waals surface area contributed by atoms with Crippen molar-refractivity contribution in [1.29, 1.82) is 0 Å². The summed E-state index contributed by atoms with van der Waals surface area (Å²) in [6.07, 6.45) is 7.73. The third-order valence-corrected chi connectivity index (χ3v) is 4.04.